The van der Waals surface area contributed by atoms with E-state index in [-0.39, 0.29) is 11.9 Å². The van der Waals surface area contributed by atoms with Gasteiger partial charge in [-0.3, -0.25) is 14.7 Å². The highest BCUT2D eigenvalue weighted by molar-refractivity contribution is 7.09. The molecule has 0 radical (unpaired) electrons. The molecule has 1 amide bonds. The number of aromatic nitrogens is 2. The molecule has 0 N–H and O–H groups in total. The number of anilines is 1. The molecule has 2 aliphatic heterocycles. The predicted molar refractivity (Wildman–Crippen MR) is 85.8 cm³/mol. The normalized spacial score (nSPS) is 25.0. The first-order valence-corrected chi connectivity index (χ1v) is 8.47. The maximum absolute atomic E-state index is 12.4. The highest BCUT2D eigenvalue weighted by Gasteiger charge is 2.47. The molecular weight excluding hydrogens is 296 g/mol. The molecule has 0 spiro atoms. The van der Waals surface area contributed by atoms with Crippen LogP contribution < -0.4 is 4.90 Å². The minimum absolute atomic E-state index is 0.210. The van der Waals surface area contributed by atoms with Crippen LogP contribution in [0.3, 0.4) is 0 Å². The van der Waals surface area contributed by atoms with E-state index in [4.69, 9.17) is 0 Å². The second-order valence-electron chi connectivity index (χ2n) is 5.93. The summed E-state index contributed by atoms with van der Waals surface area (Å²) in [6, 6.07) is 4.44. The first-order valence-electron chi connectivity index (χ1n) is 7.59. The van der Waals surface area contributed by atoms with Crippen molar-refractivity contribution in [2.24, 2.45) is 0 Å². The molecule has 2 aliphatic rings. The molecule has 2 aromatic heterocycles. The number of amides is 1. The molecule has 5 nitrogen and oxygen atoms in total. The number of thiazole rings is 1. The Balaban J connectivity index is 1.54. The van der Waals surface area contributed by atoms with Gasteiger partial charge in [-0.25, -0.2) is 4.98 Å². The third-order valence-electron chi connectivity index (χ3n) is 4.57. The molecule has 114 valence electrons. The first kappa shape index (κ1) is 13.8. The lowest BCUT2D eigenvalue weighted by atomic mass is 10.1. The van der Waals surface area contributed by atoms with Crippen molar-refractivity contribution in [3.63, 3.8) is 0 Å². The molecular formula is C16H18N4OS. The molecule has 2 unspecified atom stereocenters. The van der Waals surface area contributed by atoms with Crippen molar-refractivity contribution in [1.82, 2.24) is 14.9 Å². The van der Waals surface area contributed by atoms with Gasteiger partial charge in [0.2, 0.25) is 5.91 Å². The summed E-state index contributed by atoms with van der Waals surface area (Å²) in [5.41, 5.74) is 2.04. The quantitative estimate of drug-likeness (QED) is 0.872. The van der Waals surface area contributed by atoms with Crippen LogP contribution in [0, 0.1) is 6.92 Å². The van der Waals surface area contributed by atoms with E-state index < -0.39 is 0 Å². The van der Waals surface area contributed by atoms with Crippen molar-refractivity contribution in [2.75, 3.05) is 11.4 Å². The molecule has 0 aliphatic carbocycles. The summed E-state index contributed by atoms with van der Waals surface area (Å²) in [6.45, 7) is 3.90. The van der Waals surface area contributed by atoms with Crippen molar-refractivity contribution in [1.29, 1.82) is 0 Å². The van der Waals surface area contributed by atoms with Crippen LogP contribution in [0.25, 0.3) is 0 Å². The third kappa shape index (κ3) is 2.32. The van der Waals surface area contributed by atoms with Gasteiger partial charge in [-0.1, -0.05) is 0 Å². The minimum Gasteiger partial charge on any atom is -0.306 e. The molecule has 0 saturated carbocycles. The number of hydrogen-bond donors (Lipinski definition) is 0. The standard InChI is InChI=1S/C16H18N4OS/c1-11-18-12(10-22-11)9-19-6-4-14-15(19)7-16(21)20(14)13-3-2-5-17-8-13/h2-3,5,8,10,14-15H,4,6-7,9H2,1H3. The molecule has 4 heterocycles. The smallest absolute Gasteiger partial charge is 0.229 e. The number of aryl methyl sites for hydroxylation is 1. The zero-order chi connectivity index (χ0) is 15.1. The Hall–Kier alpha value is -1.79. The summed E-state index contributed by atoms with van der Waals surface area (Å²) >= 11 is 1.69. The van der Waals surface area contributed by atoms with Gasteiger partial charge in [-0.2, -0.15) is 0 Å². The van der Waals surface area contributed by atoms with Crippen LogP contribution in [0.2, 0.25) is 0 Å². The summed E-state index contributed by atoms with van der Waals surface area (Å²) in [4.78, 5) is 25.5. The van der Waals surface area contributed by atoms with E-state index in [1.807, 2.05) is 24.0 Å². The van der Waals surface area contributed by atoms with Crippen molar-refractivity contribution in [2.45, 2.75) is 38.4 Å². The molecule has 0 aromatic carbocycles. The lowest BCUT2D eigenvalue weighted by Crippen LogP contribution is -2.37. The van der Waals surface area contributed by atoms with Gasteiger partial charge in [0.1, 0.15) is 0 Å². The number of carbonyl (C=O) groups excluding carboxylic acids is 1. The van der Waals surface area contributed by atoms with E-state index >= 15 is 0 Å². The predicted octanol–water partition coefficient (Wildman–Crippen LogP) is 2.23. The van der Waals surface area contributed by atoms with Crippen LogP contribution >= 0.6 is 11.3 Å². The average Bonchev–Trinajstić information content (AvgIpc) is 3.17. The van der Waals surface area contributed by atoms with Crippen LogP contribution in [0.5, 0.6) is 0 Å². The number of pyridine rings is 1. The van der Waals surface area contributed by atoms with Crippen molar-refractivity contribution < 1.29 is 4.79 Å². The number of likely N-dealkylation sites (tertiary alicyclic amines) is 1. The maximum Gasteiger partial charge on any atom is 0.229 e. The van der Waals surface area contributed by atoms with Crippen molar-refractivity contribution in [3.8, 4) is 0 Å². The summed E-state index contributed by atoms with van der Waals surface area (Å²) in [7, 11) is 0. The second-order valence-corrected chi connectivity index (χ2v) is 6.99. The minimum atomic E-state index is 0.210. The van der Waals surface area contributed by atoms with Crippen LogP contribution in [-0.2, 0) is 11.3 Å². The highest BCUT2D eigenvalue weighted by atomic mass is 32.1. The van der Waals surface area contributed by atoms with Crippen molar-refractivity contribution in [3.05, 3.63) is 40.6 Å². The molecule has 6 heteroatoms. The monoisotopic (exact) mass is 314 g/mol. The van der Waals surface area contributed by atoms with Crippen LogP contribution in [0.4, 0.5) is 5.69 Å². The van der Waals surface area contributed by atoms with Crippen molar-refractivity contribution >= 4 is 22.9 Å². The second kappa shape index (κ2) is 5.44. The zero-order valence-electron chi connectivity index (χ0n) is 12.5. The largest absolute Gasteiger partial charge is 0.306 e. The van der Waals surface area contributed by atoms with Gasteiger partial charge < -0.3 is 4.90 Å². The van der Waals surface area contributed by atoms with Gasteiger partial charge in [0.05, 0.1) is 28.6 Å². The van der Waals surface area contributed by atoms with E-state index in [1.165, 1.54) is 0 Å². The van der Waals surface area contributed by atoms with Gasteiger partial charge in [-0.15, -0.1) is 11.3 Å². The van der Waals surface area contributed by atoms with Crippen LogP contribution in [0.15, 0.2) is 29.9 Å². The van der Waals surface area contributed by atoms with E-state index in [9.17, 15) is 4.79 Å². The Morgan fingerprint density at radius 2 is 2.32 bits per heavy atom. The maximum atomic E-state index is 12.4. The fraction of sp³-hybridized carbons (Fsp3) is 0.438. The number of hydrogen-bond acceptors (Lipinski definition) is 5. The summed E-state index contributed by atoms with van der Waals surface area (Å²) in [6.07, 6.45) is 5.15. The number of nitrogens with zero attached hydrogens (tertiary/aromatic N) is 4. The number of fused-ring (bicyclic) bond motifs is 1. The van der Waals surface area contributed by atoms with E-state index in [0.717, 1.165) is 35.9 Å². The molecule has 0 bridgehead atoms. The lowest BCUT2D eigenvalue weighted by Gasteiger charge is -2.24. The Bertz CT molecular complexity index is 686. The van der Waals surface area contributed by atoms with Gasteiger partial charge in [0, 0.05) is 37.1 Å². The Morgan fingerprint density at radius 1 is 1.41 bits per heavy atom. The molecule has 2 atom stereocenters. The van der Waals surface area contributed by atoms with Crippen LogP contribution in [-0.4, -0.2) is 39.4 Å². The van der Waals surface area contributed by atoms with E-state index in [0.29, 0.717) is 12.5 Å². The van der Waals surface area contributed by atoms with Gasteiger partial charge in [0.25, 0.3) is 0 Å². The molecule has 2 saturated heterocycles. The summed E-state index contributed by atoms with van der Waals surface area (Å²) in [5, 5.41) is 3.23. The summed E-state index contributed by atoms with van der Waals surface area (Å²) < 4.78 is 0. The Morgan fingerprint density at radius 3 is 3.05 bits per heavy atom. The average molecular weight is 314 g/mol. The zero-order valence-corrected chi connectivity index (χ0v) is 13.3. The SMILES string of the molecule is Cc1nc(CN2CCC3C2CC(=O)N3c2cccnc2)cs1. The van der Waals surface area contributed by atoms with E-state index in [2.05, 4.69) is 20.2 Å². The van der Waals surface area contributed by atoms with Gasteiger partial charge >= 0.3 is 0 Å². The summed E-state index contributed by atoms with van der Waals surface area (Å²) in [5.74, 6) is 0.210. The highest BCUT2D eigenvalue weighted by Crippen LogP contribution is 2.36. The topological polar surface area (TPSA) is 49.3 Å². The van der Waals surface area contributed by atoms with E-state index in [1.54, 1.807) is 23.7 Å². The number of rotatable bonds is 3. The fourth-order valence-electron chi connectivity index (χ4n) is 3.65. The third-order valence-corrected chi connectivity index (χ3v) is 5.39. The molecule has 4 rings (SSSR count). The van der Waals surface area contributed by atoms with Gasteiger partial charge in [0.15, 0.2) is 0 Å². The lowest BCUT2D eigenvalue weighted by molar-refractivity contribution is -0.117. The first-order chi connectivity index (χ1) is 10.7. The number of carbonyl (C=O) groups is 1. The molecule has 2 fully saturated rings. The Kier molecular flexibility index (Phi) is 3.43. The fourth-order valence-corrected chi connectivity index (χ4v) is 4.25. The molecule has 2 aromatic rings. The van der Waals surface area contributed by atoms with Crippen LogP contribution in [0.1, 0.15) is 23.5 Å². The Labute approximate surface area is 133 Å². The molecule has 22 heavy (non-hydrogen) atoms. The van der Waals surface area contributed by atoms with Gasteiger partial charge in [-0.05, 0) is 25.5 Å².